The summed E-state index contributed by atoms with van der Waals surface area (Å²) in [5.74, 6) is -0.292. The molecule has 2 N–H and O–H groups in total. The molecule has 1 aromatic heterocycles. The van der Waals surface area contributed by atoms with Gasteiger partial charge >= 0.3 is 6.03 Å². The summed E-state index contributed by atoms with van der Waals surface area (Å²) in [5.41, 5.74) is 1.66. The number of carbonyl (C=O) groups excluding carboxylic acids is 2. The van der Waals surface area contributed by atoms with Crippen LogP contribution in [-0.4, -0.2) is 34.9 Å². The Bertz CT molecular complexity index is 876. The van der Waals surface area contributed by atoms with Crippen LogP contribution >= 0.6 is 0 Å². The second kappa shape index (κ2) is 7.58. The van der Waals surface area contributed by atoms with Crippen molar-refractivity contribution < 1.29 is 14.0 Å². The molecule has 146 valence electrons. The van der Waals surface area contributed by atoms with Crippen LogP contribution in [0.25, 0.3) is 0 Å². The third-order valence-corrected chi connectivity index (χ3v) is 5.73. The Kier molecular flexibility index (Phi) is 4.98. The molecule has 4 rings (SSSR count). The van der Waals surface area contributed by atoms with E-state index in [-0.39, 0.29) is 35.6 Å². The van der Waals surface area contributed by atoms with Crippen molar-refractivity contribution in [3.63, 3.8) is 0 Å². The van der Waals surface area contributed by atoms with Gasteiger partial charge < -0.3 is 15.5 Å². The number of hydrogen-bond donors (Lipinski definition) is 2. The average molecular weight is 382 g/mol. The van der Waals surface area contributed by atoms with Crippen LogP contribution in [0.1, 0.15) is 24.0 Å². The predicted octanol–water partition coefficient (Wildman–Crippen LogP) is 2.46. The van der Waals surface area contributed by atoms with Crippen molar-refractivity contribution in [2.75, 3.05) is 13.1 Å². The number of urea groups is 1. The van der Waals surface area contributed by atoms with Crippen LogP contribution in [-0.2, 0) is 17.9 Å². The van der Waals surface area contributed by atoms with Crippen molar-refractivity contribution in [2.24, 2.45) is 11.3 Å². The number of rotatable bonds is 5. The molecular formula is C21H23FN4O2. The van der Waals surface area contributed by atoms with Crippen LogP contribution in [0.3, 0.4) is 0 Å². The maximum absolute atomic E-state index is 13.2. The highest BCUT2D eigenvalue weighted by Crippen LogP contribution is 2.58. The Labute approximate surface area is 163 Å². The van der Waals surface area contributed by atoms with E-state index in [1.807, 2.05) is 12.1 Å². The maximum Gasteiger partial charge on any atom is 0.317 e. The molecule has 1 spiro atoms. The Hall–Kier alpha value is -2.96. The number of likely N-dealkylation sites (tertiary alicyclic amines) is 1. The molecule has 2 aliphatic rings. The van der Waals surface area contributed by atoms with Gasteiger partial charge in [0.15, 0.2) is 0 Å². The van der Waals surface area contributed by atoms with Gasteiger partial charge in [0.2, 0.25) is 5.91 Å². The lowest BCUT2D eigenvalue weighted by atomic mass is 10.0. The van der Waals surface area contributed by atoms with E-state index in [9.17, 15) is 14.0 Å². The van der Waals surface area contributed by atoms with E-state index in [1.165, 1.54) is 12.1 Å². The lowest BCUT2D eigenvalue weighted by Gasteiger charge is -2.17. The minimum Gasteiger partial charge on any atom is -0.352 e. The molecule has 1 aromatic carbocycles. The molecular weight excluding hydrogens is 359 g/mol. The van der Waals surface area contributed by atoms with Crippen LogP contribution in [0.2, 0.25) is 0 Å². The molecule has 2 fully saturated rings. The van der Waals surface area contributed by atoms with Gasteiger partial charge in [-0.2, -0.15) is 0 Å². The summed E-state index contributed by atoms with van der Waals surface area (Å²) in [7, 11) is 0. The summed E-state index contributed by atoms with van der Waals surface area (Å²) < 4.78 is 13.2. The molecule has 2 atom stereocenters. The summed E-state index contributed by atoms with van der Waals surface area (Å²) >= 11 is 0. The summed E-state index contributed by atoms with van der Waals surface area (Å²) in [6.07, 6.45) is 5.07. The van der Waals surface area contributed by atoms with Crippen molar-refractivity contribution in [1.82, 2.24) is 20.5 Å². The van der Waals surface area contributed by atoms with Crippen molar-refractivity contribution in [3.8, 4) is 0 Å². The van der Waals surface area contributed by atoms with Crippen molar-refractivity contribution >= 4 is 11.9 Å². The number of nitrogens with zero attached hydrogens (tertiary/aromatic N) is 2. The first-order valence-corrected chi connectivity index (χ1v) is 9.50. The SMILES string of the molecule is O=C(NCc1ccncc1)[C@@H]1C[C@]12CCN(C(=O)NCc1cccc(F)c1)C2. The topological polar surface area (TPSA) is 74.3 Å². The highest BCUT2D eigenvalue weighted by Gasteiger charge is 2.61. The molecule has 1 saturated heterocycles. The van der Waals surface area contributed by atoms with Gasteiger partial charge in [-0.3, -0.25) is 9.78 Å². The van der Waals surface area contributed by atoms with Gasteiger partial charge in [-0.1, -0.05) is 12.1 Å². The molecule has 1 saturated carbocycles. The summed E-state index contributed by atoms with van der Waals surface area (Å²) in [4.78, 5) is 30.6. The van der Waals surface area contributed by atoms with E-state index in [2.05, 4.69) is 15.6 Å². The minimum atomic E-state index is -0.314. The zero-order valence-corrected chi connectivity index (χ0v) is 15.5. The van der Waals surface area contributed by atoms with Crippen LogP contribution in [0.5, 0.6) is 0 Å². The molecule has 3 amide bonds. The number of hydrogen-bond acceptors (Lipinski definition) is 3. The Balaban J connectivity index is 1.25. The fourth-order valence-electron chi connectivity index (χ4n) is 3.99. The van der Waals surface area contributed by atoms with E-state index >= 15 is 0 Å². The second-order valence-corrected chi connectivity index (χ2v) is 7.65. The van der Waals surface area contributed by atoms with Gasteiger partial charge in [0.25, 0.3) is 0 Å². The van der Waals surface area contributed by atoms with E-state index in [4.69, 9.17) is 0 Å². The third kappa shape index (κ3) is 3.98. The third-order valence-electron chi connectivity index (χ3n) is 5.73. The molecule has 0 unspecified atom stereocenters. The number of nitrogens with one attached hydrogen (secondary N) is 2. The highest BCUT2D eigenvalue weighted by molar-refractivity contribution is 5.83. The average Bonchev–Trinajstić information content (AvgIpc) is 3.24. The van der Waals surface area contributed by atoms with Crippen molar-refractivity contribution in [2.45, 2.75) is 25.9 Å². The van der Waals surface area contributed by atoms with Crippen molar-refractivity contribution in [1.29, 1.82) is 0 Å². The molecule has 0 bridgehead atoms. The van der Waals surface area contributed by atoms with Crippen LogP contribution in [0, 0.1) is 17.2 Å². The second-order valence-electron chi connectivity index (χ2n) is 7.65. The number of carbonyl (C=O) groups is 2. The lowest BCUT2D eigenvalue weighted by molar-refractivity contribution is -0.123. The van der Waals surface area contributed by atoms with Gasteiger partial charge in [-0.25, -0.2) is 9.18 Å². The maximum atomic E-state index is 13.2. The summed E-state index contributed by atoms with van der Waals surface area (Å²) in [6, 6.07) is 9.79. The quantitative estimate of drug-likeness (QED) is 0.834. The standard InChI is InChI=1S/C21H23FN4O2/c22-17-3-1-2-16(10-17)13-25-20(28)26-9-6-21(14-26)11-18(21)19(27)24-12-15-4-7-23-8-5-15/h1-5,7-8,10,18H,6,9,11-14H2,(H,24,27)(H,25,28)/t18-,21-/m0/s1. The zero-order chi connectivity index (χ0) is 19.6. The largest absolute Gasteiger partial charge is 0.352 e. The van der Waals surface area contributed by atoms with E-state index in [0.717, 1.165) is 24.0 Å². The number of pyridine rings is 1. The first-order chi connectivity index (χ1) is 13.6. The first kappa shape index (κ1) is 18.4. The van der Waals surface area contributed by atoms with Gasteiger partial charge in [0.05, 0.1) is 0 Å². The normalized spacial score (nSPS) is 22.9. The van der Waals surface area contributed by atoms with Crippen LogP contribution in [0.4, 0.5) is 9.18 Å². The molecule has 7 heteroatoms. The zero-order valence-electron chi connectivity index (χ0n) is 15.5. The summed E-state index contributed by atoms with van der Waals surface area (Å²) in [6.45, 7) is 2.01. The van der Waals surface area contributed by atoms with Crippen LogP contribution in [0.15, 0.2) is 48.8 Å². The monoisotopic (exact) mass is 382 g/mol. The van der Waals surface area contributed by atoms with E-state index < -0.39 is 0 Å². The molecule has 1 aliphatic heterocycles. The number of halogens is 1. The number of amides is 3. The fraction of sp³-hybridized carbons (Fsp3) is 0.381. The Morgan fingerprint density at radius 3 is 2.71 bits per heavy atom. The fourth-order valence-corrected chi connectivity index (χ4v) is 3.99. The summed E-state index contributed by atoms with van der Waals surface area (Å²) in [5, 5.41) is 5.83. The Morgan fingerprint density at radius 2 is 1.93 bits per heavy atom. The number of benzene rings is 1. The molecule has 6 nitrogen and oxygen atoms in total. The van der Waals surface area contributed by atoms with Gasteiger partial charge in [0.1, 0.15) is 5.82 Å². The Morgan fingerprint density at radius 1 is 1.14 bits per heavy atom. The highest BCUT2D eigenvalue weighted by atomic mass is 19.1. The lowest BCUT2D eigenvalue weighted by Crippen LogP contribution is -2.38. The predicted molar refractivity (Wildman–Crippen MR) is 101 cm³/mol. The van der Waals surface area contributed by atoms with Gasteiger partial charge in [0, 0.05) is 49.9 Å². The van der Waals surface area contributed by atoms with Gasteiger partial charge in [-0.05, 0) is 48.2 Å². The first-order valence-electron chi connectivity index (χ1n) is 9.50. The van der Waals surface area contributed by atoms with Gasteiger partial charge in [-0.15, -0.1) is 0 Å². The molecule has 1 aliphatic carbocycles. The molecule has 28 heavy (non-hydrogen) atoms. The van der Waals surface area contributed by atoms with Crippen molar-refractivity contribution in [3.05, 3.63) is 65.7 Å². The smallest absolute Gasteiger partial charge is 0.317 e. The van der Waals surface area contributed by atoms with E-state index in [1.54, 1.807) is 29.4 Å². The van der Waals surface area contributed by atoms with Crippen LogP contribution < -0.4 is 10.6 Å². The minimum absolute atomic E-state index is 0.0321. The number of aromatic nitrogens is 1. The molecule has 2 aromatic rings. The van der Waals surface area contributed by atoms with E-state index in [0.29, 0.717) is 19.6 Å². The molecule has 2 heterocycles. The molecule has 0 radical (unpaired) electrons.